The lowest BCUT2D eigenvalue weighted by molar-refractivity contribution is 0.0909. The largest absolute Gasteiger partial charge is 0.349 e. The van der Waals surface area contributed by atoms with Crippen LogP contribution in [0.2, 0.25) is 0 Å². The van der Waals surface area contributed by atoms with E-state index in [9.17, 15) is 9.59 Å². The Morgan fingerprint density at radius 2 is 1.62 bits per heavy atom. The van der Waals surface area contributed by atoms with E-state index in [0.29, 0.717) is 26.9 Å². The Bertz CT molecular complexity index is 1420. The second kappa shape index (κ2) is 9.75. The Morgan fingerprint density at radius 1 is 0.941 bits per heavy atom. The molecule has 0 saturated carbocycles. The molecule has 0 radical (unpaired) electrons. The van der Waals surface area contributed by atoms with E-state index >= 15 is 0 Å². The number of amides is 1. The third-order valence-electron chi connectivity index (χ3n) is 6.36. The highest BCUT2D eigenvalue weighted by atomic mass is 32.1. The molecule has 2 N–H and O–H groups in total. The van der Waals surface area contributed by atoms with Gasteiger partial charge in [-0.2, -0.15) is 0 Å². The number of H-pyrrole nitrogens is 1. The molecule has 4 aromatic rings. The molecule has 5 rings (SSSR count). The number of hydrogen-bond acceptors (Lipinski definition) is 4. The minimum atomic E-state index is -0.182. The van der Waals surface area contributed by atoms with Crippen LogP contribution in [0.1, 0.15) is 28.8 Å². The molecular weight excluding hydrogens is 444 g/mol. The first-order valence-corrected chi connectivity index (χ1v) is 11.9. The molecule has 0 unspecified atom stereocenters. The Hall–Kier alpha value is -3.55. The number of rotatable bonds is 5. The predicted octanol–water partition coefficient (Wildman–Crippen LogP) is 4.44. The molecule has 1 saturated heterocycles. The molecule has 1 amide bonds. The smallest absolute Gasteiger partial charge is 0.266 e. The topological polar surface area (TPSA) is 70.1 Å². The lowest BCUT2D eigenvalue weighted by Crippen LogP contribution is -2.44. The Morgan fingerprint density at radius 3 is 2.35 bits per heavy atom. The number of piperidine rings is 1. The summed E-state index contributed by atoms with van der Waals surface area (Å²) in [4.78, 5) is 31.3. The van der Waals surface area contributed by atoms with Crippen LogP contribution in [0, 0.1) is 4.77 Å². The van der Waals surface area contributed by atoms with Crippen LogP contribution in [0.5, 0.6) is 0 Å². The average Bonchev–Trinajstić information content (AvgIpc) is 2.86. The van der Waals surface area contributed by atoms with Crippen LogP contribution in [0.15, 0.2) is 83.7 Å². The van der Waals surface area contributed by atoms with Crippen LogP contribution in [0.25, 0.3) is 16.6 Å². The molecular formula is C27H26N4O2S. The number of aromatic amines is 1. The Balaban J connectivity index is 1.23. The SMILES string of the molecule is O=C(NC1CCN(Cc2ccccc2)CC1)c1ccc(-n2c(=S)[nH]c3ccccc3c2=O)cc1. The van der Waals surface area contributed by atoms with Gasteiger partial charge in [-0.05, 0) is 67.0 Å². The van der Waals surface area contributed by atoms with Crippen LogP contribution in [-0.4, -0.2) is 39.5 Å². The van der Waals surface area contributed by atoms with E-state index in [4.69, 9.17) is 12.2 Å². The van der Waals surface area contributed by atoms with Crippen molar-refractivity contribution in [3.05, 3.63) is 105 Å². The number of likely N-dealkylation sites (tertiary alicyclic amines) is 1. The monoisotopic (exact) mass is 470 g/mol. The van der Waals surface area contributed by atoms with Crippen LogP contribution in [0.4, 0.5) is 0 Å². The van der Waals surface area contributed by atoms with E-state index < -0.39 is 0 Å². The third-order valence-corrected chi connectivity index (χ3v) is 6.65. The quantitative estimate of drug-likeness (QED) is 0.423. The molecule has 6 nitrogen and oxygen atoms in total. The van der Waals surface area contributed by atoms with Crippen LogP contribution in [-0.2, 0) is 6.54 Å². The van der Waals surface area contributed by atoms with Gasteiger partial charge in [0.25, 0.3) is 11.5 Å². The van der Waals surface area contributed by atoms with Crippen LogP contribution < -0.4 is 10.9 Å². The molecule has 1 aliphatic heterocycles. The number of hydrogen-bond donors (Lipinski definition) is 2. The summed E-state index contributed by atoms with van der Waals surface area (Å²) in [5.74, 6) is -0.0934. The van der Waals surface area contributed by atoms with Crippen molar-refractivity contribution in [1.82, 2.24) is 19.8 Å². The number of carbonyl (C=O) groups excluding carboxylic acids is 1. The van der Waals surface area contributed by atoms with E-state index in [0.717, 1.165) is 32.5 Å². The van der Waals surface area contributed by atoms with Crippen molar-refractivity contribution in [2.75, 3.05) is 13.1 Å². The van der Waals surface area contributed by atoms with Crippen molar-refractivity contribution in [3.8, 4) is 5.69 Å². The van der Waals surface area contributed by atoms with Crippen molar-refractivity contribution in [2.45, 2.75) is 25.4 Å². The van der Waals surface area contributed by atoms with Gasteiger partial charge in [0.15, 0.2) is 4.77 Å². The fourth-order valence-corrected chi connectivity index (χ4v) is 4.80. The van der Waals surface area contributed by atoms with Crippen molar-refractivity contribution in [1.29, 1.82) is 0 Å². The number of nitrogens with one attached hydrogen (secondary N) is 2. The summed E-state index contributed by atoms with van der Waals surface area (Å²) >= 11 is 5.42. The highest BCUT2D eigenvalue weighted by Gasteiger charge is 2.21. The second-order valence-electron chi connectivity index (χ2n) is 8.67. The van der Waals surface area contributed by atoms with Crippen molar-refractivity contribution < 1.29 is 4.79 Å². The Labute approximate surface area is 202 Å². The molecule has 7 heteroatoms. The highest BCUT2D eigenvalue weighted by Crippen LogP contribution is 2.16. The standard InChI is InChI=1S/C27H26N4O2S/c32-25(28-21-14-16-30(17-15-21)18-19-6-2-1-3-7-19)20-10-12-22(13-11-20)31-26(33)23-8-4-5-9-24(23)29-27(31)34/h1-13,21H,14-18H2,(H,28,32)(H,29,34). The molecule has 1 aliphatic rings. The first-order chi connectivity index (χ1) is 16.6. The minimum Gasteiger partial charge on any atom is -0.349 e. The maximum atomic E-state index is 13.0. The fraction of sp³-hybridized carbons (Fsp3) is 0.222. The summed E-state index contributed by atoms with van der Waals surface area (Å²) < 4.78 is 1.78. The number of carbonyl (C=O) groups is 1. The molecule has 1 aromatic heterocycles. The number of para-hydroxylation sites is 1. The highest BCUT2D eigenvalue weighted by molar-refractivity contribution is 7.71. The predicted molar refractivity (Wildman–Crippen MR) is 137 cm³/mol. The summed E-state index contributed by atoms with van der Waals surface area (Å²) in [7, 11) is 0. The summed E-state index contributed by atoms with van der Waals surface area (Å²) in [6, 6.07) is 24.9. The minimum absolute atomic E-state index is 0.0934. The summed E-state index contributed by atoms with van der Waals surface area (Å²) in [6.45, 7) is 2.86. The van der Waals surface area contributed by atoms with E-state index in [2.05, 4.69) is 39.5 Å². The van der Waals surface area contributed by atoms with Crippen molar-refractivity contribution >= 4 is 29.0 Å². The molecule has 0 spiro atoms. The van der Waals surface area contributed by atoms with Gasteiger partial charge in [0.05, 0.1) is 16.6 Å². The van der Waals surface area contributed by atoms with Gasteiger partial charge < -0.3 is 10.3 Å². The summed E-state index contributed by atoms with van der Waals surface area (Å²) in [5.41, 5.74) is 3.04. The second-order valence-corrected chi connectivity index (χ2v) is 9.06. The molecule has 0 bridgehead atoms. The lowest BCUT2D eigenvalue weighted by atomic mass is 10.0. The van der Waals surface area contributed by atoms with Crippen LogP contribution in [0.3, 0.4) is 0 Å². The normalized spacial score (nSPS) is 14.8. The maximum absolute atomic E-state index is 13.0. The zero-order valence-corrected chi connectivity index (χ0v) is 19.6. The van der Waals surface area contributed by atoms with Gasteiger partial charge in [-0.3, -0.25) is 19.1 Å². The van der Waals surface area contributed by atoms with Crippen molar-refractivity contribution in [2.24, 2.45) is 0 Å². The van der Waals surface area contributed by atoms with Crippen LogP contribution >= 0.6 is 12.2 Å². The van der Waals surface area contributed by atoms with E-state index in [1.165, 1.54) is 10.1 Å². The van der Waals surface area contributed by atoms with E-state index in [1.807, 2.05) is 24.3 Å². The van der Waals surface area contributed by atoms with Gasteiger partial charge in [0.1, 0.15) is 0 Å². The number of aromatic nitrogens is 2. The molecule has 0 aliphatic carbocycles. The summed E-state index contributed by atoms with van der Waals surface area (Å²) in [5, 5.41) is 3.73. The molecule has 1 fully saturated rings. The van der Waals surface area contributed by atoms with Gasteiger partial charge >= 0.3 is 0 Å². The van der Waals surface area contributed by atoms with Gasteiger partial charge in [-0.1, -0.05) is 42.5 Å². The lowest BCUT2D eigenvalue weighted by Gasteiger charge is -2.32. The molecule has 2 heterocycles. The average molecular weight is 471 g/mol. The van der Waals surface area contributed by atoms with Gasteiger partial charge in [-0.25, -0.2) is 0 Å². The first-order valence-electron chi connectivity index (χ1n) is 11.5. The van der Waals surface area contributed by atoms with Gasteiger partial charge in [0.2, 0.25) is 0 Å². The van der Waals surface area contributed by atoms with Crippen molar-refractivity contribution in [3.63, 3.8) is 0 Å². The number of nitrogens with zero attached hydrogens (tertiary/aromatic N) is 2. The van der Waals surface area contributed by atoms with Gasteiger partial charge in [0, 0.05) is 31.2 Å². The fourth-order valence-electron chi connectivity index (χ4n) is 4.50. The zero-order chi connectivity index (χ0) is 23.5. The number of benzene rings is 3. The molecule has 34 heavy (non-hydrogen) atoms. The molecule has 0 atom stereocenters. The molecule has 172 valence electrons. The van der Waals surface area contributed by atoms with Gasteiger partial charge in [-0.15, -0.1) is 0 Å². The zero-order valence-electron chi connectivity index (χ0n) is 18.7. The van der Waals surface area contributed by atoms with E-state index in [1.54, 1.807) is 30.3 Å². The summed E-state index contributed by atoms with van der Waals surface area (Å²) in [6.07, 6.45) is 1.86. The Kier molecular flexibility index (Phi) is 6.38. The maximum Gasteiger partial charge on any atom is 0.266 e. The third kappa shape index (κ3) is 4.71. The molecule has 3 aromatic carbocycles. The first kappa shape index (κ1) is 22.3. The van der Waals surface area contributed by atoms with E-state index in [-0.39, 0.29) is 17.5 Å². The number of fused-ring (bicyclic) bond motifs is 1.